The molecule has 2 N–H and O–H groups in total. The van der Waals surface area contributed by atoms with Crippen LogP contribution in [-0.2, 0) is 0 Å². The van der Waals surface area contributed by atoms with Crippen molar-refractivity contribution in [2.24, 2.45) is 0 Å². The van der Waals surface area contributed by atoms with Crippen LogP contribution in [0.1, 0.15) is 5.01 Å². The van der Waals surface area contributed by atoms with Crippen molar-refractivity contribution in [3.63, 3.8) is 0 Å². The van der Waals surface area contributed by atoms with E-state index >= 15 is 0 Å². The molecule has 6 nitrogen and oxygen atoms in total. The number of methoxy groups -OCH3 is 2. The first kappa shape index (κ1) is 18.1. The minimum Gasteiger partial charge on any atom is -0.510 e. The average molecular weight is 393 g/mol. The molecule has 0 unspecified atom stereocenters. The van der Waals surface area contributed by atoms with Gasteiger partial charge in [-0.05, 0) is 0 Å². The normalized spacial score (nSPS) is 13.9. The Bertz CT molecular complexity index is 1040. The molecule has 0 aliphatic carbocycles. The van der Waals surface area contributed by atoms with Gasteiger partial charge in [0.2, 0.25) is 0 Å². The number of nitrogens with one attached hydrogen (secondary N) is 1. The number of benzene rings is 2. The van der Waals surface area contributed by atoms with Crippen LogP contribution in [0.4, 0.5) is 5.69 Å². The Balaban J connectivity index is 1.66. The van der Waals surface area contributed by atoms with Crippen molar-refractivity contribution >= 4 is 28.4 Å². The van der Waals surface area contributed by atoms with Crippen LogP contribution in [0.2, 0.25) is 0 Å². The standard InChI is InChI=1S/C21H19N3O3S/c1-26-15-8-14(9-16(10-15)27-2)24-11-18(25)19(20(24)22)21-23-17(12-28-21)13-6-4-3-5-7-13/h3-10,12,22,25H,11H2,1-2H3. The molecule has 0 atom stereocenters. The highest BCUT2D eigenvalue weighted by Gasteiger charge is 2.31. The van der Waals surface area contributed by atoms with Crippen LogP contribution in [0.3, 0.4) is 0 Å². The summed E-state index contributed by atoms with van der Waals surface area (Å²) >= 11 is 1.42. The van der Waals surface area contributed by atoms with Gasteiger partial charge in [-0.15, -0.1) is 11.3 Å². The van der Waals surface area contributed by atoms with Crippen molar-refractivity contribution in [3.05, 3.63) is 64.7 Å². The molecule has 0 saturated heterocycles. The molecule has 2 heterocycles. The lowest BCUT2D eigenvalue weighted by molar-refractivity contribution is 0.394. The lowest BCUT2D eigenvalue weighted by Crippen LogP contribution is -2.26. The molecular weight excluding hydrogens is 374 g/mol. The van der Waals surface area contributed by atoms with E-state index in [1.165, 1.54) is 11.3 Å². The van der Waals surface area contributed by atoms with Crippen molar-refractivity contribution < 1.29 is 14.6 Å². The third-order valence-corrected chi connectivity index (χ3v) is 5.40. The first-order chi connectivity index (χ1) is 13.6. The molecule has 1 aliphatic rings. The lowest BCUT2D eigenvalue weighted by Gasteiger charge is -2.20. The predicted molar refractivity (Wildman–Crippen MR) is 112 cm³/mol. The first-order valence-corrected chi connectivity index (χ1v) is 9.51. The largest absolute Gasteiger partial charge is 0.510 e. The molecule has 1 aromatic heterocycles. The molecule has 28 heavy (non-hydrogen) atoms. The maximum Gasteiger partial charge on any atom is 0.139 e. The van der Waals surface area contributed by atoms with E-state index in [0.29, 0.717) is 27.8 Å². The average Bonchev–Trinajstić information content (AvgIpc) is 3.32. The van der Waals surface area contributed by atoms with E-state index in [-0.39, 0.29) is 18.1 Å². The van der Waals surface area contributed by atoms with Crippen LogP contribution in [0, 0.1) is 5.41 Å². The lowest BCUT2D eigenvalue weighted by atomic mass is 10.2. The van der Waals surface area contributed by atoms with Gasteiger partial charge in [0.05, 0.1) is 37.7 Å². The quantitative estimate of drug-likeness (QED) is 0.663. The molecule has 0 saturated carbocycles. The summed E-state index contributed by atoms with van der Waals surface area (Å²) in [4.78, 5) is 6.35. The molecule has 2 aromatic carbocycles. The monoisotopic (exact) mass is 393 g/mol. The fourth-order valence-electron chi connectivity index (χ4n) is 3.10. The highest BCUT2D eigenvalue weighted by molar-refractivity contribution is 7.11. The number of amidine groups is 1. The number of nitrogens with zero attached hydrogens (tertiary/aromatic N) is 2. The van der Waals surface area contributed by atoms with Crippen LogP contribution in [0.25, 0.3) is 16.8 Å². The van der Waals surface area contributed by atoms with Gasteiger partial charge in [-0.3, -0.25) is 5.41 Å². The van der Waals surface area contributed by atoms with Crippen LogP contribution in [0.15, 0.2) is 59.7 Å². The van der Waals surface area contributed by atoms with Crippen molar-refractivity contribution in [3.8, 4) is 22.8 Å². The Hall–Kier alpha value is -3.32. The van der Waals surface area contributed by atoms with Gasteiger partial charge in [-0.2, -0.15) is 0 Å². The van der Waals surface area contributed by atoms with Gasteiger partial charge in [0, 0.05) is 29.1 Å². The number of aliphatic hydroxyl groups excluding tert-OH is 1. The van der Waals surface area contributed by atoms with Gasteiger partial charge in [-0.1, -0.05) is 30.3 Å². The minimum atomic E-state index is 0.126. The number of aromatic nitrogens is 1. The molecular formula is C21H19N3O3S. The Morgan fingerprint density at radius 2 is 1.75 bits per heavy atom. The number of rotatable bonds is 5. The van der Waals surface area contributed by atoms with E-state index in [1.807, 2.05) is 47.8 Å². The topological polar surface area (TPSA) is 78.7 Å². The number of anilines is 1. The molecule has 0 fully saturated rings. The van der Waals surface area contributed by atoms with E-state index in [2.05, 4.69) is 4.98 Å². The molecule has 142 valence electrons. The predicted octanol–water partition coefficient (Wildman–Crippen LogP) is 4.59. The van der Waals surface area contributed by atoms with Gasteiger partial charge < -0.3 is 19.5 Å². The molecule has 0 amide bonds. The molecule has 0 radical (unpaired) electrons. The van der Waals surface area contributed by atoms with E-state index in [0.717, 1.165) is 11.3 Å². The highest BCUT2D eigenvalue weighted by atomic mass is 32.1. The summed E-state index contributed by atoms with van der Waals surface area (Å²) in [7, 11) is 3.16. The number of hydrogen-bond acceptors (Lipinski definition) is 6. The van der Waals surface area contributed by atoms with Gasteiger partial charge in [0.15, 0.2) is 0 Å². The van der Waals surface area contributed by atoms with Crippen LogP contribution in [-0.4, -0.2) is 36.7 Å². The second-order valence-electron chi connectivity index (χ2n) is 6.23. The SMILES string of the molecule is COc1cc(OC)cc(N2CC(O)=C(c3nc(-c4ccccc4)cs3)C2=N)c1. The third kappa shape index (κ3) is 3.20. The second kappa shape index (κ2) is 7.36. The summed E-state index contributed by atoms with van der Waals surface area (Å²) in [6, 6.07) is 15.2. The zero-order valence-electron chi connectivity index (χ0n) is 15.5. The van der Waals surface area contributed by atoms with E-state index < -0.39 is 0 Å². The van der Waals surface area contributed by atoms with Crippen LogP contribution < -0.4 is 14.4 Å². The molecule has 0 spiro atoms. The summed E-state index contributed by atoms with van der Waals surface area (Å²) in [5, 5.41) is 21.8. The fourth-order valence-corrected chi connectivity index (χ4v) is 4.00. The molecule has 3 aromatic rings. The maximum atomic E-state index is 10.6. The smallest absolute Gasteiger partial charge is 0.139 e. The zero-order valence-corrected chi connectivity index (χ0v) is 16.3. The van der Waals surface area contributed by atoms with Crippen LogP contribution in [0.5, 0.6) is 11.5 Å². The van der Waals surface area contributed by atoms with E-state index in [1.54, 1.807) is 25.2 Å². The van der Waals surface area contributed by atoms with E-state index in [9.17, 15) is 5.11 Å². The maximum absolute atomic E-state index is 10.6. The van der Waals surface area contributed by atoms with Gasteiger partial charge in [0.1, 0.15) is 28.1 Å². The summed E-state index contributed by atoms with van der Waals surface area (Å²) in [5.41, 5.74) is 3.00. The molecule has 1 aliphatic heterocycles. The summed E-state index contributed by atoms with van der Waals surface area (Å²) in [6.45, 7) is 0.199. The molecule has 4 rings (SSSR count). The number of thiazole rings is 1. The van der Waals surface area contributed by atoms with Gasteiger partial charge in [-0.25, -0.2) is 4.98 Å². The molecule has 7 heteroatoms. The minimum absolute atomic E-state index is 0.126. The highest BCUT2D eigenvalue weighted by Crippen LogP contribution is 2.36. The first-order valence-electron chi connectivity index (χ1n) is 8.63. The third-order valence-electron chi connectivity index (χ3n) is 4.54. The number of ether oxygens (including phenoxy) is 2. The number of hydrogen-bond donors (Lipinski definition) is 2. The Kier molecular flexibility index (Phi) is 4.75. The Morgan fingerprint density at radius 1 is 1.07 bits per heavy atom. The van der Waals surface area contributed by atoms with Gasteiger partial charge >= 0.3 is 0 Å². The fraction of sp³-hybridized carbons (Fsp3) is 0.143. The van der Waals surface area contributed by atoms with Crippen molar-refractivity contribution in [1.29, 1.82) is 5.41 Å². The summed E-state index contributed by atoms with van der Waals surface area (Å²) in [6.07, 6.45) is 0. The Labute approximate surface area is 166 Å². The van der Waals surface area contributed by atoms with Crippen molar-refractivity contribution in [2.75, 3.05) is 25.7 Å². The van der Waals surface area contributed by atoms with Crippen LogP contribution >= 0.6 is 11.3 Å². The summed E-state index contributed by atoms with van der Waals surface area (Å²) < 4.78 is 10.6. The van der Waals surface area contributed by atoms with Crippen molar-refractivity contribution in [2.45, 2.75) is 0 Å². The van der Waals surface area contributed by atoms with Gasteiger partial charge in [0.25, 0.3) is 0 Å². The second-order valence-corrected chi connectivity index (χ2v) is 7.09. The Morgan fingerprint density at radius 3 is 2.39 bits per heavy atom. The molecule has 0 bridgehead atoms. The number of aliphatic hydroxyl groups is 1. The summed E-state index contributed by atoms with van der Waals surface area (Å²) in [5.74, 6) is 1.56. The van der Waals surface area contributed by atoms with Crippen molar-refractivity contribution in [1.82, 2.24) is 4.98 Å². The zero-order chi connectivity index (χ0) is 19.7. The van der Waals surface area contributed by atoms with E-state index in [4.69, 9.17) is 14.9 Å².